The van der Waals surface area contributed by atoms with Crippen molar-refractivity contribution in [2.45, 2.75) is 19.6 Å². The van der Waals surface area contributed by atoms with E-state index < -0.39 is 0 Å². The number of amides is 1. The zero-order valence-electron chi connectivity index (χ0n) is 14.8. The minimum absolute atomic E-state index is 0.0769. The molecule has 0 radical (unpaired) electrons. The topological polar surface area (TPSA) is 46.1 Å². The number of benzene rings is 2. The summed E-state index contributed by atoms with van der Waals surface area (Å²) >= 11 is 3.30. The predicted octanol–water partition coefficient (Wildman–Crippen LogP) is 5.10. The fraction of sp³-hybridized carbons (Fsp3) is 0.0952. The maximum atomic E-state index is 12.9. The quantitative estimate of drug-likeness (QED) is 0.399. The third-order valence-corrected chi connectivity index (χ3v) is 7.18. The summed E-state index contributed by atoms with van der Waals surface area (Å²) in [6, 6.07) is 16.1. The number of pyridine rings is 2. The summed E-state index contributed by atoms with van der Waals surface area (Å²) in [7, 11) is 3.53. The standard InChI is InChI=1S/C21H15N3OS2/c1-24(2)21(25)17-20-19(13-8-4-6-10-15(13)23-17)26-16-11-22-14-9-5-3-7-12(14)18(16)27-20/h3-11H,1-2H3. The summed E-state index contributed by atoms with van der Waals surface area (Å²) in [6.45, 7) is 0. The number of hydrogen-bond donors (Lipinski definition) is 0. The highest BCUT2D eigenvalue weighted by Crippen LogP contribution is 2.53. The molecule has 0 bridgehead atoms. The average molecular weight is 390 g/mol. The number of aromatic nitrogens is 2. The van der Waals surface area contributed by atoms with Gasteiger partial charge in [-0.1, -0.05) is 59.9 Å². The Morgan fingerprint density at radius 1 is 0.852 bits per heavy atom. The monoisotopic (exact) mass is 389 g/mol. The maximum Gasteiger partial charge on any atom is 0.273 e. The number of carbonyl (C=O) groups is 1. The summed E-state index contributed by atoms with van der Waals surface area (Å²) < 4.78 is 0. The van der Waals surface area contributed by atoms with Gasteiger partial charge in [0.05, 0.1) is 15.9 Å². The molecule has 4 nitrogen and oxygen atoms in total. The Hall–Kier alpha value is -2.57. The van der Waals surface area contributed by atoms with Crippen LogP contribution >= 0.6 is 23.5 Å². The van der Waals surface area contributed by atoms with Crippen LogP contribution in [-0.4, -0.2) is 34.9 Å². The first kappa shape index (κ1) is 16.6. The molecule has 2 aromatic carbocycles. The van der Waals surface area contributed by atoms with Gasteiger partial charge in [0.15, 0.2) is 0 Å². The molecule has 27 heavy (non-hydrogen) atoms. The second kappa shape index (κ2) is 6.25. The highest BCUT2D eigenvalue weighted by atomic mass is 32.2. The van der Waals surface area contributed by atoms with Gasteiger partial charge in [-0.2, -0.15) is 0 Å². The molecule has 0 atom stereocenters. The second-order valence-corrected chi connectivity index (χ2v) is 8.58. The molecular weight excluding hydrogens is 374 g/mol. The summed E-state index contributed by atoms with van der Waals surface area (Å²) in [4.78, 5) is 28.1. The molecule has 0 N–H and O–H groups in total. The van der Waals surface area contributed by atoms with Gasteiger partial charge in [-0.05, 0) is 12.1 Å². The smallest absolute Gasteiger partial charge is 0.273 e. The molecule has 0 saturated heterocycles. The van der Waals surface area contributed by atoms with Crippen LogP contribution in [0.2, 0.25) is 0 Å². The molecule has 0 saturated carbocycles. The Kier molecular flexibility index (Phi) is 3.84. The van der Waals surface area contributed by atoms with Gasteiger partial charge in [0.1, 0.15) is 5.69 Å². The van der Waals surface area contributed by atoms with E-state index in [1.807, 2.05) is 42.6 Å². The molecule has 1 aliphatic heterocycles. The molecule has 0 fully saturated rings. The predicted molar refractivity (Wildman–Crippen MR) is 110 cm³/mol. The van der Waals surface area contributed by atoms with Crippen molar-refractivity contribution in [2.24, 2.45) is 0 Å². The van der Waals surface area contributed by atoms with Crippen molar-refractivity contribution < 1.29 is 4.79 Å². The lowest BCUT2D eigenvalue weighted by Crippen LogP contribution is -2.24. The Bertz CT molecular complexity index is 1240. The van der Waals surface area contributed by atoms with Crippen LogP contribution in [0.5, 0.6) is 0 Å². The molecule has 1 aliphatic rings. The van der Waals surface area contributed by atoms with Gasteiger partial charge in [-0.25, -0.2) is 4.98 Å². The molecule has 132 valence electrons. The van der Waals surface area contributed by atoms with Crippen LogP contribution in [0.15, 0.2) is 74.3 Å². The Morgan fingerprint density at radius 3 is 2.26 bits per heavy atom. The molecule has 0 unspecified atom stereocenters. The Labute approximate surface area is 165 Å². The molecule has 2 aromatic heterocycles. The van der Waals surface area contributed by atoms with E-state index in [1.165, 1.54) is 0 Å². The molecule has 0 spiro atoms. The van der Waals surface area contributed by atoms with Crippen LogP contribution in [0.4, 0.5) is 0 Å². The average Bonchev–Trinajstić information content (AvgIpc) is 2.71. The number of nitrogens with zero attached hydrogens (tertiary/aromatic N) is 3. The lowest BCUT2D eigenvalue weighted by molar-refractivity contribution is 0.0818. The number of para-hydroxylation sites is 2. The first-order valence-corrected chi connectivity index (χ1v) is 10.1. The van der Waals surface area contributed by atoms with E-state index in [0.29, 0.717) is 5.69 Å². The molecule has 5 rings (SSSR count). The number of fused-ring (bicyclic) bond motifs is 6. The highest BCUT2D eigenvalue weighted by Gasteiger charge is 2.28. The normalized spacial score (nSPS) is 12.7. The Morgan fingerprint density at radius 2 is 1.52 bits per heavy atom. The van der Waals surface area contributed by atoms with Gasteiger partial charge in [-0.15, -0.1) is 0 Å². The minimum Gasteiger partial charge on any atom is -0.343 e. The molecule has 4 aromatic rings. The van der Waals surface area contributed by atoms with E-state index >= 15 is 0 Å². The van der Waals surface area contributed by atoms with Crippen LogP contribution < -0.4 is 0 Å². The van der Waals surface area contributed by atoms with Crippen molar-refractivity contribution in [1.82, 2.24) is 14.9 Å². The SMILES string of the molecule is CN(C)C(=O)c1nc2ccccc2c2c1Sc1c(cnc3ccccc13)S2. The number of carbonyl (C=O) groups excluding carboxylic acids is 1. The zero-order chi connectivity index (χ0) is 18.5. The highest BCUT2D eigenvalue weighted by molar-refractivity contribution is 8.05. The van der Waals surface area contributed by atoms with Gasteiger partial charge in [0.2, 0.25) is 0 Å². The van der Waals surface area contributed by atoms with E-state index in [0.717, 1.165) is 41.4 Å². The van der Waals surface area contributed by atoms with Crippen molar-refractivity contribution in [3.8, 4) is 0 Å². The van der Waals surface area contributed by atoms with E-state index in [-0.39, 0.29) is 5.91 Å². The van der Waals surface area contributed by atoms with Crippen molar-refractivity contribution in [3.63, 3.8) is 0 Å². The van der Waals surface area contributed by atoms with Gasteiger partial charge in [-0.3, -0.25) is 9.78 Å². The van der Waals surface area contributed by atoms with Crippen molar-refractivity contribution in [3.05, 3.63) is 60.4 Å². The number of hydrogen-bond acceptors (Lipinski definition) is 5. The molecule has 6 heteroatoms. The second-order valence-electron chi connectivity index (χ2n) is 6.51. The lowest BCUT2D eigenvalue weighted by atomic mass is 10.2. The van der Waals surface area contributed by atoms with Gasteiger partial charge in [0.25, 0.3) is 5.91 Å². The number of rotatable bonds is 1. The lowest BCUT2D eigenvalue weighted by Gasteiger charge is -2.23. The van der Waals surface area contributed by atoms with Gasteiger partial charge < -0.3 is 4.90 Å². The first-order chi connectivity index (χ1) is 13.1. The largest absolute Gasteiger partial charge is 0.343 e. The van der Waals surface area contributed by atoms with E-state index in [4.69, 9.17) is 4.98 Å². The minimum atomic E-state index is -0.0769. The summed E-state index contributed by atoms with van der Waals surface area (Å²) in [6.07, 6.45) is 1.93. The van der Waals surface area contributed by atoms with Crippen molar-refractivity contribution in [2.75, 3.05) is 14.1 Å². The van der Waals surface area contributed by atoms with Crippen LogP contribution in [0.1, 0.15) is 10.5 Å². The van der Waals surface area contributed by atoms with Gasteiger partial charge in [0, 0.05) is 45.8 Å². The Balaban J connectivity index is 1.81. The maximum absolute atomic E-state index is 12.9. The molecular formula is C21H15N3OS2. The fourth-order valence-corrected chi connectivity index (χ4v) is 5.78. The van der Waals surface area contributed by atoms with Crippen LogP contribution in [0, 0.1) is 0 Å². The molecule has 3 heterocycles. The van der Waals surface area contributed by atoms with E-state index in [1.54, 1.807) is 42.5 Å². The third-order valence-electron chi connectivity index (χ3n) is 4.52. The van der Waals surface area contributed by atoms with Crippen molar-refractivity contribution >= 4 is 51.2 Å². The van der Waals surface area contributed by atoms with Crippen LogP contribution in [0.3, 0.4) is 0 Å². The van der Waals surface area contributed by atoms with Crippen LogP contribution in [-0.2, 0) is 0 Å². The zero-order valence-corrected chi connectivity index (χ0v) is 16.4. The summed E-state index contributed by atoms with van der Waals surface area (Å²) in [5, 5.41) is 2.17. The van der Waals surface area contributed by atoms with Gasteiger partial charge >= 0.3 is 0 Å². The summed E-state index contributed by atoms with van der Waals surface area (Å²) in [5.74, 6) is -0.0769. The van der Waals surface area contributed by atoms with Crippen molar-refractivity contribution in [1.29, 1.82) is 0 Å². The fourth-order valence-electron chi connectivity index (χ4n) is 3.20. The van der Waals surface area contributed by atoms with Crippen LogP contribution in [0.25, 0.3) is 21.8 Å². The van der Waals surface area contributed by atoms with E-state index in [2.05, 4.69) is 17.1 Å². The molecule has 1 amide bonds. The summed E-state index contributed by atoms with van der Waals surface area (Å²) in [5.41, 5.74) is 2.31. The first-order valence-electron chi connectivity index (χ1n) is 8.51. The third kappa shape index (κ3) is 2.59. The van der Waals surface area contributed by atoms with E-state index in [9.17, 15) is 4.79 Å². The molecule has 0 aliphatic carbocycles.